The van der Waals surface area contributed by atoms with Gasteiger partial charge in [0.15, 0.2) is 0 Å². The third-order valence-corrected chi connectivity index (χ3v) is 2.72. The van der Waals surface area contributed by atoms with Gasteiger partial charge < -0.3 is 15.7 Å². The van der Waals surface area contributed by atoms with Gasteiger partial charge in [0.25, 0.3) is 0 Å². The molecule has 2 heterocycles. The highest BCUT2D eigenvalue weighted by atomic mass is 16.3. The second kappa shape index (κ2) is 3.03. The Labute approximate surface area is 71.3 Å². The van der Waals surface area contributed by atoms with E-state index in [-0.39, 0.29) is 12.0 Å². The van der Waals surface area contributed by atoms with E-state index in [1.807, 2.05) is 0 Å². The van der Waals surface area contributed by atoms with E-state index < -0.39 is 0 Å². The molecule has 1 unspecified atom stereocenters. The quantitative estimate of drug-likeness (QED) is 0.465. The predicted octanol–water partition coefficient (Wildman–Crippen LogP) is -1.15. The van der Waals surface area contributed by atoms with Gasteiger partial charge in [0.2, 0.25) is 5.91 Å². The van der Waals surface area contributed by atoms with Crippen molar-refractivity contribution in [2.45, 2.75) is 25.0 Å². The van der Waals surface area contributed by atoms with Crippen LogP contribution in [0.25, 0.3) is 0 Å². The number of carbonyl (C=O) groups is 1. The topological polar surface area (TPSA) is 61.4 Å². The fourth-order valence-corrected chi connectivity index (χ4v) is 2.02. The molecule has 2 saturated heterocycles. The summed E-state index contributed by atoms with van der Waals surface area (Å²) in [4.78, 5) is 10.9. The molecule has 4 nitrogen and oxygen atoms in total. The molecule has 0 aromatic rings. The van der Waals surface area contributed by atoms with E-state index in [9.17, 15) is 9.90 Å². The maximum Gasteiger partial charge on any atom is 0.220 e. The summed E-state index contributed by atoms with van der Waals surface area (Å²) in [7, 11) is 0. The molecule has 0 spiro atoms. The normalized spacial score (nSPS) is 41.8. The molecular formula is C8H14N2O2. The van der Waals surface area contributed by atoms with Crippen molar-refractivity contribution in [2.24, 2.45) is 5.92 Å². The number of carbonyl (C=O) groups excluding carboxylic acids is 1. The molecule has 0 aromatic carbocycles. The molecule has 12 heavy (non-hydrogen) atoms. The number of aliphatic hydroxyl groups is 1. The van der Waals surface area contributed by atoms with E-state index >= 15 is 0 Å². The molecule has 3 N–H and O–H groups in total. The SMILES string of the molecule is O=C1CC([C@@H]2C[C@@H](O)CN2)CN1. The number of nitrogens with one attached hydrogen (secondary N) is 2. The molecule has 0 aromatic heterocycles. The second-order valence-electron chi connectivity index (χ2n) is 3.67. The Hall–Kier alpha value is -0.610. The molecule has 3 atom stereocenters. The zero-order valence-electron chi connectivity index (χ0n) is 6.92. The maximum atomic E-state index is 10.9. The molecule has 4 heteroatoms. The summed E-state index contributed by atoms with van der Waals surface area (Å²) in [6.45, 7) is 1.44. The van der Waals surface area contributed by atoms with Crippen LogP contribution in [-0.4, -0.2) is 36.2 Å². The van der Waals surface area contributed by atoms with Gasteiger partial charge >= 0.3 is 0 Å². The first-order valence-corrected chi connectivity index (χ1v) is 4.44. The van der Waals surface area contributed by atoms with Gasteiger partial charge in [-0.1, -0.05) is 0 Å². The van der Waals surface area contributed by atoms with Crippen LogP contribution in [0.1, 0.15) is 12.8 Å². The zero-order valence-corrected chi connectivity index (χ0v) is 6.92. The molecule has 2 fully saturated rings. The van der Waals surface area contributed by atoms with Crippen molar-refractivity contribution >= 4 is 5.91 Å². The van der Waals surface area contributed by atoms with Gasteiger partial charge in [-0.3, -0.25) is 4.79 Å². The second-order valence-corrected chi connectivity index (χ2v) is 3.67. The van der Waals surface area contributed by atoms with Crippen molar-refractivity contribution < 1.29 is 9.90 Å². The van der Waals surface area contributed by atoms with Gasteiger partial charge in [-0.25, -0.2) is 0 Å². The Balaban J connectivity index is 1.89. The van der Waals surface area contributed by atoms with E-state index in [0.29, 0.717) is 24.9 Å². The number of hydrogen-bond donors (Lipinski definition) is 3. The highest BCUT2D eigenvalue weighted by Gasteiger charge is 2.33. The fraction of sp³-hybridized carbons (Fsp3) is 0.875. The van der Waals surface area contributed by atoms with E-state index in [1.165, 1.54) is 0 Å². The average molecular weight is 170 g/mol. The van der Waals surface area contributed by atoms with Gasteiger partial charge in [0.1, 0.15) is 0 Å². The van der Waals surface area contributed by atoms with Crippen molar-refractivity contribution in [3.05, 3.63) is 0 Å². The molecule has 68 valence electrons. The van der Waals surface area contributed by atoms with Gasteiger partial charge in [0, 0.05) is 31.5 Å². The number of amides is 1. The molecule has 2 aliphatic rings. The lowest BCUT2D eigenvalue weighted by Gasteiger charge is -2.15. The van der Waals surface area contributed by atoms with Crippen LogP contribution in [0, 0.1) is 5.92 Å². The molecule has 0 bridgehead atoms. The Morgan fingerprint density at radius 3 is 2.75 bits per heavy atom. The summed E-state index contributed by atoms with van der Waals surface area (Å²) in [5.41, 5.74) is 0. The smallest absolute Gasteiger partial charge is 0.220 e. The summed E-state index contributed by atoms with van der Waals surface area (Å²) in [6, 6.07) is 0.332. The number of β-amino-alcohol motifs (C(OH)–C–C–N with tert-alkyl or cyclic N) is 1. The van der Waals surface area contributed by atoms with Gasteiger partial charge in [-0.05, 0) is 6.42 Å². The Kier molecular flexibility index (Phi) is 2.02. The highest BCUT2D eigenvalue weighted by Crippen LogP contribution is 2.20. The summed E-state index contributed by atoms with van der Waals surface area (Å²) in [6.07, 6.45) is 1.19. The van der Waals surface area contributed by atoms with Crippen LogP contribution in [0.4, 0.5) is 0 Å². The van der Waals surface area contributed by atoms with Crippen LogP contribution >= 0.6 is 0 Å². The van der Waals surface area contributed by atoms with E-state index in [1.54, 1.807) is 0 Å². The molecule has 2 rings (SSSR count). The van der Waals surface area contributed by atoms with Crippen LogP contribution in [-0.2, 0) is 4.79 Å². The van der Waals surface area contributed by atoms with Crippen LogP contribution in [0.2, 0.25) is 0 Å². The molecule has 0 aliphatic carbocycles. The lowest BCUT2D eigenvalue weighted by atomic mass is 9.97. The fourth-order valence-electron chi connectivity index (χ4n) is 2.02. The number of hydrogen-bond acceptors (Lipinski definition) is 3. The standard InChI is InChI=1S/C8H14N2O2/c11-6-2-7(9-4-6)5-1-8(12)10-3-5/h5-7,9,11H,1-4H2,(H,10,12)/t5?,6-,7+/m1/s1. The third-order valence-electron chi connectivity index (χ3n) is 2.72. The summed E-state index contributed by atoms with van der Waals surface area (Å²) < 4.78 is 0. The van der Waals surface area contributed by atoms with Gasteiger partial charge in [-0.2, -0.15) is 0 Å². The molecule has 0 radical (unpaired) electrons. The van der Waals surface area contributed by atoms with Gasteiger partial charge in [-0.15, -0.1) is 0 Å². The summed E-state index contributed by atoms with van der Waals surface area (Å²) >= 11 is 0. The van der Waals surface area contributed by atoms with Crippen LogP contribution in [0.15, 0.2) is 0 Å². The van der Waals surface area contributed by atoms with E-state index in [4.69, 9.17) is 0 Å². The lowest BCUT2D eigenvalue weighted by Crippen LogP contribution is -2.31. The monoisotopic (exact) mass is 170 g/mol. The van der Waals surface area contributed by atoms with Crippen LogP contribution in [0.5, 0.6) is 0 Å². The minimum absolute atomic E-state index is 0.142. The Bertz CT molecular complexity index is 195. The van der Waals surface area contributed by atoms with Crippen molar-refractivity contribution in [2.75, 3.05) is 13.1 Å². The average Bonchev–Trinajstić information content (AvgIpc) is 2.58. The first-order valence-electron chi connectivity index (χ1n) is 4.44. The minimum atomic E-state index is -0.217. The lowest BCUT2D eigenvalue weighted by molar-refractivity contribution is -0.119. The van der Waals surface area contributed by atoms with Crippen LogP contribution in [0.3, 0.4) is 0 Å². The maximum absolute atomic E-state index is 10.9. The molecule has 1 amide bonds. The van der Waals surface area contributed by atoms with E-state index in [0.717, 1.165) is 13.0 Å². The Morgan fingerprint density at radius 1 is 1.42 bits per heavy atom. The molecule has 2 aliphatic heterocycles. The van der Waals surface area contributed by atoms with Gasteiger partial charge in [0.05, 0.1) is 6.10 Å². The molecule has 0 saturated carbocycles. The van der Waals surface area contributed by atoms with Crippen molar-refractivity contribution in [1.82, 2.24) is 10.6 Å². The number of rotatable bonds is 1. The van der Waals surface area contributed by atoms with Crippen molar-refractivity contribution in [3.8, 4) is 0 Å². The molecular weight excluding hydrogens is 156 g/mol. The minimum Gasteiger partial charge on any atom is -0.392 e. The van der Waals surface area contributed by atoms with Crippen molar-refractivity contribution in [1.29, 1.82) is 0 Å². The Morgan fingerprint density at radius 2 is 2.25 bits per heavy atom. The summed E-state index contributed by atoms with van der Waals surface area (Å²) in [5, 5.41) is 15.3. The highest BCUT2D eigenvalue weighted by molar-refractivity contribution is 5.78. The van der Waals surface area contributed by atoms with Crippen LogP contribution < -0.4 is 10.6 Å². The summed E-state index contributed by atoms with van der Waals surface area (Å²) in [5.74, 6) is 0.526. The number of aliphatic hydroxyl groups excluding tert-OH is 1. The zero-order chi connectivity index (χ0) is 8.55. The largest absolute Gasteiger partial charge is 0.392 e. The van der Waals surface area contributed by atoms with E-state index in [2.05, 4.69) is 10.6 Å². The first kappa shape index (κ1) is 8.01. The predicted molar refractivity (Wildman–Crippen MR) is 43.5 cm³/mol. The van der Waals surface area contributed by atoms with Crippen molar-refractivity contribution in [3.63, 3.8) is 0 Å². The first-order chi connectivity index (χ1) is 5.75. The third kappa shape index (κ3) is 1.44.